The highest BCUT2D eigenvalue weighted by atomic mass is 79.9. The number of aryl methyl sites for hydroxylation is 1. The lowest BCUT2D eigenvalue weighted by molar-refractivity contribution is 0.572. The predicted octanol–water partition coefficient (Wildman–Crippen LogP) is 3.31. The molecule has 0 aliphatic heterocycles. The van der Waals surface area contributed by atoms with Crippen molar-refractivity contribution in [3.63, 3.8) is 0 Å². The molecule has 0 radical (unpaired) electrons. The molecule has 2 rings (SSSR count). The van der Waals surface area contributed by atoms with Crippen LogP contribution in [0, 0.1) is 5.82 Å². The van der Waals surface area contributed by atoms with Gasteiger partial charge in [0.2, 0.25) is 0 Å². The molecule has 0 spiro atoms. The largest absolute Gasteiger partial charge is 0.308 e. The quantitative estimate of drug-likeness (QED) is 0.935. The zero-order valence-corrected chi connectivity index (χ0v) is 12.5. The van der Waals surface area contributed by atoms with Crippen LogP contribution in [0.15, 0.2) is 22.7 Å². The molecule has 0 aliphatic rings. The number of hydrogen-bond acceptors (Lipinski definition) is 4. The van der Waals surface area contributed by atoms with Crippen molar-refractivity contribution in [1.29, 1.82) is 0 Å². The Kier molecular flexibility index (Phi) is 4.42. The van der Waals surface area contributed by atoms with Crippen molar-refractivity contribution in [1.82, 2.24) is 14.9 Å². The molecular weight excluding hydrogens is 317 g/mol. The Morgan fingerprint density at radius 2 is 2.28 bits per heavy atom. The van der Waals surface area contributed by atoms with Crippen molar-refractivity contribution in [3.8, 4) is 0 Å². The van der Waals surface area contributed by atoms with Gasteiger partial charge in [0, 0.05) is 5.56 Å². The standard InChI is InChI=1S/C12H13BrFN3S/c1-3-9-12(18-17-16-9)11(15-2)7-5-4-6-8(13)10(7)14/h4-6,11,15H,3H2,1-2H3. The molecule has 1 N–H and O–H groups in total. The molecule has 0 fully saturated rings. The van der Waals surface area contributed by atoms with Crippen molar-refractivity contribution in [3.05, 3.63) is 44.6 Å². The monoisotopic (exact) mass is 329 g/mol. The lowest BCUT2D eigenvalue weighted by Crippen LogP contribution is -2.19. The van der Waals surface area contributed by atoms with Crippen LogP contribution in [0.5, 0.6) is 0 Å². The van der Waals surface area contributed by atoms with Crippen LogP contribution in [0.25, 0.3) is 0 Å². The van der Waals surface area contributed by atoms with Crippen molar-refractivity contribution < 1.29 is 4.39 Å². The van der Waals surface area contributed by atoms with Gasteiger partial charge in [0.25, 0.3) is 0 Å². The molecule has 1 aromatic heterocycles. The van der Waals surface area contributed by atoms with Gasteiger partial charge in [-0.15, -0.1) is 5.10 Å². The first kappa shape index (κ1) is 13.6. The van der Waals surface area contributed by atoms with Gasteiger partial charge in [0.05, 0.1) is 21.1 Å². The maximum Gasteiger partial charge on any atom is 0.142 e. The summed E-state index contributed by atoms with van der Waals surface area (Å²) >= 11 is 4.52. The van der Waals surface area contributed by atoms with E-state index in [1.54, 1.807) is 12.1 Å². The lowest BCUT2D eigenvalue weighted by Gasteiger charge is -2.16. The van der Waals surface area contributed by atoms with Crippen molar-refractivity contribution in [2.45, 2.75) is 19.4 Å². The summed E-state index contributed by atoms with van der Waals surface area (Å²) in [6.07, 6.45) is 0.791. The molecule has 6 heteroatoms. The van der Waals surface area contributed by atoms with E-state index in [1.165, 1.54) is 11.5 Å². The second-order valence-electron chi connectivity index (χ2n) is 3.80. The first-order valence-corrected chi connectivity index (χ1v) is 7.18. The van der Waals surface area contributed by atoms with E-state index >= 15 is 0 Å². The molecule has 0 bridgehead atoms. The highest BCUT2D eigenvalue weighted by molar-refractivity contribution is 9.10. The van der Waals surface area contributed by atoms with E-state index in [0.29, 0.717) is 10.0 Å². The first-order chi connectivity index (χ1) is 8.69. The van der Waals surface area contributed by atoms with Crippen LogP contribution >= 0.6 is 27.5 Å². The molecule has 0 amide bonds. The third kappa shape index (κ3) is 2.46. The van der Waals surface area contributed by atoms with Crippen molar-refractivity contribution in [2.24, 2.45) is 0 Å². The van der Waals surface area contributed by atoms with E-state index in [0.717, 1.165) is 17.0 Å². The van der Waals surface area contributed by atoms with Gasteiger partial charge >= 0.3 is 0 Å². The normalized spacial score (nSPS) is 12.7. The van der Waals surface area contributed by atoms with Gasteiger partial charge in [-0.05, 0) is 47.0 Å². The summed E-state index contributed by atoms with van der Waals surface area (Å²) in [7, 11) is 1.81. The van der Waals surface area contributed by atoms with Crippen molar-refractivity contribution >= 4 is 27.5 Å². The number of aromatic nitrogens is 2. The minimum Gasteiger partial charge on any atom is -0.308 e. The molecule has 3 nitrogen and oxygen atoms in total. The summed E-state index contributed by atoms with van der Waals surface area (Å²) in [6, 6.07) is 5.09. The van der Waals surface area contributed by atoms with Crippen LogP contribution in [0.4, 0.5) is 4.39 Å². The van der Waals surface area contributed by atoms with E-state index in [1.807, 2.05) is 20.0 Å². The van der Waals surface area contributed by atoms with E-state index in [2.05, 4.69) is 30.8 Å². The summed E-state index contributed by atoms with van der Waals surface area (Å²) in [6.45, 7) is 2.02. The summed E-state index contributed by atoms with van der Waals surface area (Å²) in [5.74, 6) is -0.243. The number of halogens is 2. The fourth-order valence-electron chi connectivity index (χ4n) is 1.85. The maximum atomic E-state index is 14.1. The van der Waals surface area contributed by atoms with Crippen LogP contribution in [0.2, 0.25) is 0 Å². The Hall–Kier alpha value is -0.850. The van der Waals surface area contributed by atoms with E-state index < -0.39 is 0 Å². The molecule has 0 saturated carbocycles. The topological polar surface area (TPSA) is 37.8 Å². The van der Waals surface area contributed by atoms with Crippen LogP contribution < -0.4 is 5.32 Å². The highest BCUT2D eigenvalue weighted by Gasteiger charge is 2.22. The Morgan fingerprint density at radius 1 is 1.50 bits per heavy atom. The molecular formula is C12H13BrFN3S. The van der Waals surface area contributed by atoms with Crippen LogP contribution in [0.3, 0.4) is 0 Å². The predicted molar refractivity (Wildman–Crippen MR) is 74.3 cm³/mol. The summed E-state index contributed by atoms with van der Waals surface area (Å²) in [4.78, 5) is 0.969. The number of benzene rings is 1. The molecule has 18 heavy (non-hydrogen) atoms. The van der Waals surface area contributed by atoms with Gasteiger partial charge in [-0.3, -0.25) is 0 Å². The molecule has 0 aliphatic carbocycles. The molecule has 1 aromatic carbocycles. The Labute approximate surface area is 118 Å². The highest BCUT2D eigenvalue weighted by Crippen LogP contribution is 2.31. The number of nitrogens with zero attached hydrogens (tertiary/aromatic N) is 2. The number of rotatable bonds is 4. The Balaban J connectivity index is 2.49. The van der Waals surface area contributed by atoms with Crippen LogP contribution in [0.1, 0.15) is 29.1 Å². The minimum absolute atomic E-state index is 0.211. The van der Waals surface area contributed by atoms with Crippen LogP contribution in [-0.4, -0.2) is 16.6 Å². The van der Waals surface area contributed by atoms with Gasteiger partial charge in [-0.1, -0.05) is 23.5 Å². The van der Waals surface area contributed by atoms with E-state index in [-0.39, 0.29) is 11.9 Å². The maximum absolute atomic E-state index is 14.1. The van der Waals surface area contributed by atoms with Gasteiger partial charge in [-0.2, -0.15) is 0 Å². The van der Waals surface area contributed by atoms with Gasteiger partial charge in [-0.25, -0.2) is 4.39 Å². The Morgan fingerprint density at radius 3 is 2.94 bits per heavy atom. The third-order valence-corrected chi connectivity index (χ3v) is 4.21. The van der Waals surface area contributed by atoms with Crippen molar-refractivity contribution in [2.75, 3.05) is 7.05 Å². The molecule has 1 atom stereocenters. The zero-order chi connectivity index (χ0) is 13.1. The lowest BCUT2D eigenvalue weighted by atomic mass is 10.0. The third-order valence-electron chi connectivity index (χ3n) is 2.76. The smallest absolute Gasteiger partial charge is 0.142 e. The molecule has 1 heterocycles. The molecule has 2 aromatic rings. The Bertz CT molecular complexity index is 544. The fourth-order valence-corrected chi connectivity index (χ4v) is 3.10. The summed E-state index contributed by atoms with van der Waals surface area (Å²) in [5.41, 5.74) is 1.52. The summed E-state index contributed by atoms with van der Waals surface area (Å²) < 4.78 is 18.6. The minimum atomic E-state index is -0.243. The average molecular weight is 330 g/mol. The van der Waals surface area contributed by atoms with Gasteiger partial charge in [0.15, 0.2) is 0 Å². The zero-order valence-electron chi connectivity index (χ0n) is 10.1. The van der Waals surface area contributed by atoms with E-state index in [4.69, 9.17) is 0 Å². The van der Waals surface area contributed by atoms with Gasteiger partial charge in [0.1, 0.15) is 5.82 Å². The second-order valence-corrected chi connectivity index (χ2v) is 5.44. The van der Waals surface area contributed by atoms with Crippen LogP contribution in [-0.2, 0) is 6.42 Å². The van der Waals surface area contributed by atoms with Gasteiger partial charge < -0.3 is 5.32 Å². The first-order valence-electron chi connectivity index (χ1n) is 5.61. The van der Waals surface area contributed by atoms with E-state index in [9.17, 15) is 4.39 Å². The molecule has 1 unspecified atom stereocenters. The molecule has 96 valence electrons. The number of nitrogens with one attached hydrogen (secondary N) is 1. The second kappa shape index (κ2) is 5.86. The average Bonchev–Trinajstić information content (AvgIpc) is 2.83. The SMILES string of the molecule is CCc1nnsc1C(NC)c1cccc(Br)c1F. The summed E-state index contributed by atoms with van der Waals surface area (Å²) in [5, 5.41) is 7.21. The molecule has 0 saturated heterocycles. The fraction of sp³-hybridized carbons (Fsp3) is 0.333. The number of hydrogen-bond donors (Lipinski definition) is 1.